The number of carbonyl (C=O) groups is 2. The number of thiophene rings is 1. The number of nitrogens with zero attached hydrogens (tertiary/aromatic N) is 3. The van der Waals surface area contributed by atoms with Gasteiger partial charge in [0.2, 0.25) is 5.91 Å². The standard InChI is InChI=1S/C29H31F3N4O2S/c1-19-6-8-21(9-7-19)27-24-11-15-39-25(24)10-12-35(27)18-26(37)34-13-14-36(20(2)17-34)28(38)33-23-5-3-4-22(16-23)29(30,31)32/h3-9,11,15-16,20,27H,10,12-14,17-18H2,1-2H3,(H,33,38)/t20-,27-/m0/s1. The van der Waals surface area contributed by atoms with Gasteiger partial charge in [-0.1, -0.05) is 35.9 Å². The van der Waals surface area contributed by atoms with Crippen LogP contribution in [0.5, 0.6) is 0 Å². The minimum absolute atomic E-state index is 0.00979. The number of aryl methyl sites for hydroxylation is 1. The molecule has 5 rings (SSSR count). The fourth-order valence-electron chi connectivity index (χ4n) is 5.41. The Hall–Kier alpha value is -3.37. The monoisotopic (exact) mass is 556 g/mol. The highest BCUT2D eigenvalue weighted by atomic mass is 32.1. The molecule has 1 N–H and O–H groups in total. The lowest BCUT2D eigenvalue weighted by Crippen LogP contribution is -2.58. The lowest BCUT2D eigenvalue weighted by atomic mass is 9.92. The molecule has 2 aliphatic heterocycles. The van der Waals surface area contributed by atoms with E-state index < -0.39 is 17.8 Å². The molecular weight excluding hydrogens is 525 g/mol. The number of benzene rings is 2. The molecular formula is C29H31F3N4O2S. The van der Waals surface area contributed by atoms with Crippen LogP contribution in [0, 0.1) is 6.92 Å². The number of urea groups is 1. The van der Waals surface area contributed by atoms with Crippen LogP contribution in [0.1, 0.15) is 40.1 Å². The van der Waals surface area contributed by atoms with Gasteiger partial charge in [0.25, 0.3) is 0 Å². The zero-order valence-electron chi connectivity index (χ0n) is 21.9. The van der Waals surface area contributed by atoms with Crippen LogP contribution in [0.2, 0.25) is 0 Å². The third-order valence-corrected chi connectivity index (χ3v) is 8.48. The van der Waals surface area contributed by atoms with Crippen LogP contribution in [-0.4, -0.2) is 65.4 Å². The van der Waals surface area contributed by atoms with Crippen molar-refractivity contribution < 1.29 is 22.8 Å². The molecule has 1 aromatic heterocycles. The molecule has 206 valence electrons. The summed E-state index contributed by atoms with van der Waals surface area (Å²) >= 11 is 1.76. The van der Waals surface area contributed by atoms with Crippen LogP contribution >= 0.6 is 11.3 Å². The molecule has 3 aromatic rings. The Labute approximate surface area is 230 Å². The van der Waals surface area contributed by atoms with Crippen molar-refractivity contribution in [3.05, 3.63) is 87.1 Å². The molecule has 2 atom stereocenters. The summed E-state index contributed by atoms with van der Waals surface area (Å²) in [5.41, 5.74) is 2.87. The molecule has 1 saturated heterocycles. The van der Waals surface area contributed by atoms with Gasteiger partial charge >= 0.3 is 12.2 Å². The van der Waals surface area contributed by atoms with Crippen molar-refractivity contribution in [1.29, 1.82) is 0 Å². The average Bonchev–Trinajstić information content (AvgIpc) is 3.38. The predicted molar refractivity (Wildman–Crippen MR) is 146 cm³/mol. The van der Waals surface area contributed by atoms with Crippen molar-refractivity contribution in [2.24, 2.45) is 0 Å². The molecule has 2 aromatic carbocycles. The largest absolute Gasteiger partial charge is 0.416 e. The number of hydrogen-bond acceptors (Lipinski definition) is 4. The Bertz CT molecular complexity index is 1340. The maximum absolute atomic E-state index is 13.5. The molecule has 2 aliphatic rings. The second kappa shape index (κ2) is 11.0. The highest BCUT2D eigenvalue weighted by Gasteiger charge is 2.35. The molecule has 0 spiro atoms. The molecule has 3 heterocycles. The zero-order valence-corrected chi connectivity index (χ0v) is 22.7. The molecule has 1 fully saturated rings. The summed E-state index contributed by atoms with van der Waals surface area (Å²) < 4.78 is 39.1. The lowest BCUT2D eigenvalue weighted by Gasteiger charge is -2.41. The average molecular weight is 557 g/mol. The van der Waals surface area contributed by atoms with Crippen molar-refractivity contribution in [1.82, 2.24) is 14.7 Å². The molecule has 0 radical (unpaired) electrons. The number of alkyl halides is 3. The summed E-state index contributed by atoms with van der Waals surface area (Å²) in [6, 6.07) is 14.5. The summed E-state index contributed by atoms with van der Waals surface area (Å²) in [5, 5.41) is 4.69. The lowest BCUT2D eigenvalue weighted by molar-refractivity contribution is -0.137. The number of amides is 3. The van der Waals surface area contributed by atoms with Crippen molar-refractivity contribution >= 4 is 29.0 Å². The van der Waals surface area contributed by atoms with Gasteiger partial charge in [-0.2, -0.15) is 13.2 Å². The first-order chi connectivity index (χ1) is 18.6. The van der Waals surface area contributed by atoms with Gasteiger partial charge in [-0.3, -0.25) is 9.69 Å². The summed E-state index contributed by atoms with van der Waals surface area (Å²) in [4.78, 5) is 33.3. The van der Waals surface area contributed by atoms with Gasteiger partial charge in [-0.05, 0) is 61.0 Å². The Morgan fingerprint density at radius 2 is 1.82 bits per heavy atom. The van der Waals surface area contributed by atoms with Gasteiger partial charge in [0.1, 0.15) is 0 Å². The second-order valence-electron chi connectivity index (χ2n) is 10.2. The summed E-state index contributed by atoms with van der Waals surface area (Å²) in [5.74, 6) is 0.00979. The molecule has 39 heavy (non-hydrogen) atoms. The molecule has 0 saturated carbocycles. The van der Waals surface area contributed by atoms with Gasteiger partial charge in [0.05, 0.1) is 18.2 Å². The number of hydrogen-bond donors (Lipinski definition) is 1. The molecule has 3 amide bonds. The fraction of sp³-hybridized carbons (Fsp3) is 0.379. The maximum Gasteiger partial charge on any atom is 0.416 e. The van der Waals surface area contributed by atoms with E-state index in [2.05, 4.69) is 52.9 Å². The van der Waals surface area contributed by atoms with Gasteiger partial charge < -0.3 is 15.1 Å². The van der Waals surface area contributed by atoms with E-state index in [0.717, 1.165) is 30.7 Å². The van der Waals surface area contributed by atoms with Gasteiger partial charge in [-0.25, -0.2) is 4.79 Å². The first-order valence-corrected chi connectivity index (χ1v) is 13.9. The number of anilines is 1. The van der Waals surface area contributed by atoms with Crippen LogP contribution < -0.4 is 5.32 Å². The van der Waals surface area contributed by atoms with Gasteiger partial charge in [-0.15, -0.1) is 11.3 Å². The number of fused-ring (bicyclic) bond motifs is 1. The Balaban J connectivity index is 1.22. The summed E-state index contributed by atoms with van der Waals surface area (Å²) in [6.07, 6.45) is -3.58. The third kappa shape index (κ3) is 5.96. The van der Waals surface area contributed by atoms with E-state index in [9.17, 15) is 22.8 Å². The fourth-order valence-corrected chi connectivity index (χ4v) is 6.31. The van der Waals surface area contributed by atoms with Gasteiger partial charge in [0.15, 0.2) is 0 Å². The van der Waals surface area contributed by atoms with Crippen LogP contribution in [0.4, 0.5) is 23.7 Å². The Morgan fingerprint density at radius 1 is 1.05 bits per heavy atom. The maximum atomic E-state index is 13.5. The van der Waals surface area contributed by atoms with Crippen LogP contribution in [0.15, 0.2) is 60.0 Å². The topological polar surface area (TPSA) is 55.9 Å². The molecule has 0 bridgehead atoms. The number of nitrogens with one attached hydrogen (secondary N) is 1. The minimum Gasteiger partial charge on any atom is -0.338 e. The third-order valence-electron chi connectivity index (χ3n) is 7.48. The van der Waals surface area contributed by atoms with Crippen LogP contribution in [0.3, 0.4) is 0 Å². The van der Waals surface area contributed by atoms with Gasteiger partial charge in [0, 0.05) is 42.8 Å². The van der Waals surface area contributed by atoms with Crippen molar-refractivity contribution in [3.63, 3.8) is 0 Å². The van der Waals surface area contributed by atoms with E-state index >= 15 is 0 Å². The number of rotatable bonds is 4. The predicted octanol–water partition coefficient (Wildman–Crippen LogP) is 5.79. The number of piperazine rings is 1. The Kier molecular flexibility index (Phi) is 7.68. The highest BCUT2D eigenvalue weighted by molar-refractivity contribution is 7.10. The second-order valence-corrected chi connectivity index (χ2v) is 11.2. The quantitative estimate of drug-likeness (QED) is 0.443. The van der Waals surface area contributed by atoms with Crippen molar-refractivity contribution in [2.45, 2.75) is 38.5 Å². The van der Waals surface area contributed by atoms with E-state index in [1.54, 1.807) is 21.1 Å². The molecule has 6 nitrogen and oxygen atoms in total. The SMILES string of the molecule is Cc1ccc([C@H]2c3ccsc3CCN2CC(=O)N2CCN(C(=O)Nc3cccc(C(F)(F)F)c3)[C@@H](C)C2)cc1. The first-order valence-electron chi connectivity index (χ1n) is 13.0. The molecule has 10 heteroatoms. The van der Waals surface area contributed by atoms with Crippen molar-refractivity contribution in [3.8, 4) is 0 Å². The number of halogens is 3. The van der Waals surface area contributed by atoms with E-state index in [1.807, 2.05) is 6.92 Å². The summed E-state index contributed by atoms with van der Waals surface area (Å²) in [7, 11) is 0. The normalized spacial score (nSPS) is 20.0. The van der Waals surface area contributed by atoms with E-state index in [0.29, 0.717) is 19.6 Å². The van der Waals surface area contributed by atoms with Crippen molar-refractivity contribution in [2.75, 3.05) is 38.0 Å². The van der Waals surface area contributed by atoms with E-state index in [4.69, 9.17) is 0 Å². The molecule has 0 aliphatic carbocycles. The number of carbonyl (C=O) groups excluding carboxylic acids is 2. The molecule has 0 unspecified atom stereocenters. The highest BCUT2D eigenvalue weighted by Crippen LogP contribution is 2.38. The Morgan fingerprint density at radius 3 is 2.54 bits per heavy atom. The van der Waals surface area contributed by atoms with E-state index in [1.165, 1.54) is 28.1 Å². The van der Waals surface area contributed by atoms with E-state index in [-0.39, 0.29) is 30.2 Å². The summed E-state index contributed by atoms with van der Waals surface area (Å²) in [6.45, 7) is 5.99. The zero-order chi connectivity index (χ0) is 27.7. The first kappa shape index (κ1) is 27.2. The van der Waals surface area contributed by atoms with Crippen LogP contribution in [0.25, 0.3) is 0 Å². The smallest absolute Gasteiger partial charge is 0.338 e. The minimum atomic E-state index is -4.49. The van der Waals surface area contributed by atoms with Crippen LogP contribution in [-0.2, 0) is 17.4 Å².